The summed E-state index contributed by atoms with van der Waals surface area (Å²) in [5.41, 5.74) is -0.483. The molecular formula is C16H22N4O5S. The summed E-state index contributed by atoms with van der Waals surface area (Å²) in [6, 6.07) is 4.44. The number of aromatic nitrogens is 2. The number of aliphatic hydroxyl groups is 1. The molecule has 3 rings (SSSR count). The van der Waals surface area contributed by atoms with Crippen molar-refractivity contribution in [2.45, 2.75) is 4.90 Å². The van der Waals surface area contributed by atoms with Crippen LogP contribution >= 0.6 is 0 Å². The number of β-amino-alcohol motifs (C(OH)–C–C–N with tert-alkyl or cyclic N) is 1. The zero-order chi connectivity index (χ0) is 19.1. The van der Waals surface area contributed by atoms with Crippen molar-refractivity contribution >= 4 is 21.1 Å². The maximum Gasteiger partial charge on any atom is 0.316 e. The van der Waals surface area contributed by atoms with Crippen LogP contribution in [-0.2, 0) is 24.1 Å². The van der Waals surface area contributed by atoms with Crippen LogP contribution in [-0.4, -0.2) is 71.2 Å². The van der Waals surface area contributed by atoms with E-state index in [1.54, 1.807) is 6.07 Å². The van der Waals surface area contributed by atoms with E-state index in [1.807, 2.05) is 4.90 Å². The number of rotatable bonds is 4. The quantitative estimate of drug-likeness (QED) is 0.648. The molecule has 0 aliphatic carbocycles. The lowest BCUT2D eigenvalue weighted by Crippen LogP contribution is -2.49. The highest BCUT2D eigenvalue weighted by Gasteiger charge is 2.28. The zero-order valence-corrected chi connectivity index (χ0v) is 15.6. The summed E-state index contributed by atoms with van der Waals surface area (Å²) in [6.07, 6.45) is 0. The Labute approximate surface area is 150 Å². The Morgan fingerprint density at radius 2 is 1.54 bits per heavy atom. The summed E-state index contributed by atoms with van der Waals surface area (Å²) >= 11 is 0. The van der Waals surface area contributed by atoms with E-state index in [2.05, 4.69) is 0 Å². The molecule has 1 saturated heterocycles. The molecule has 0 saturated carbocycles. The van der Waals surface area contributed by atoms with Crippen LogP contribution in [0, 0.1) is 0 Å². The van der Waals surface area contributed by atoms with Crippen molar-refractivity contribution in [2.75, 3.05) is 39.3 Å². The van der Waals surface area contributed by atoms with Gasteiger partial charge in [-0.2, -0.15) is 4.31 Å². The van der Waals surface area contributed by atoms with Gasteiger partial charge in [-0.05, 0) is 18.2 Å². The van der Waals surface area contributed by atoms with Gasteiger partial charge in [-0.15, -0.1) is 0 Å². The van der Waals surface area contributed by atoms with Gasteiger partial charge in [-0.3, -0.25) is 14.5 Å². The standard InChI is InChI=1S/C16H22N4O5S/c1-17-13-4-3-12(11-14(13)18(2)16(23)15(17)22)26(24,25)20-7-5-19(6-8-20)9-10-21/h3-4,11,21H,5-10H2,1-2H3. The van der Waals surface area contributed by atoms with Gasteiger partial charge < -0.3 is 14.2 Å². The summed E-state index contributed by atoms with van der Waals surface area (Å²) in [6.45, 7) is 2.37. The fraction of sp³-hybridized carbons (Fsp3) is 0.500. The number of hydrogen-bond donors (Lipinski definition) is 1. The number of aryl methyl sites for hydroxylation is 2. The normalized spacial score (nSPS) is 17.0. The predicted octanol–water partition coefficient (Wildman–Crippen LogP) is -1.46. The fourth-order valence-electron chi connectivity index (χ4n) is 3.21. The minimum absolute atomic E-state index is 0.0458. The van der Waals surface area contributed by atoms with E-state index in [0.717, 1.165) is 0 Å². The molecular weight excluding hydrogens is 360 g/mol. The van der Waals surface area contributed by atoms with Crippen LogP contribution in [0.3, 0.4) is 0 Å². The number of benzene rings is 1. The van der Waals surface area contributed by atoms with Crippen LogP contribution < -0.4 is 11.1 Å². The van der Waals surface area contributed by atoms with Crippen molar-refractivity contribution in [3.05, 3.63) is 38.9 Å². The predicted molar refractivity (Wildman–Crippen MR) is 96.7 cm³/mol. The lowest BCUT2D eigenvalue weighted by Gasteiger charge is -2.33. The maximum absolute atomic E-state index is 12.9. The van der Waals surface area contributed by atoms with Crippen LogP contribution in [0.1, 0.15) is 0 Å². The van der Waals surface area contributed by atoms with Crippen LogP contribution in [0.25, 0.3) is 11.0 Å². The van der Waals surface area contributed by atoms with E-state index in [9.17, 15) is 18.0 Å². The van der Waals surface area contributed by atoms with Crippen molar-refractivity contribution in [1.29, 1.82) is 0 Å². The molecule has 9 nitrogen and oxygen atoms in total. The van der Waals surface area contributed by atoms with Crippen LogP contribution in [0.5, 0.6) is 0 Å². The van der Waals surface area contributed by atoms with E-state index in [-0.39, 0.29) is 11.5 Å². The first-order chi connectivity index (χ1) is 12.3. The summed E-state index contributed by atoms with van der Waals surface area (Å²) in [7, 11) is -0.762. The summed E-state index contributed by atoms with van der Waals surface area (Å²) in [5, 5.41) is 8.99. The molecule has 26 heavy (non-hydrogen) atoms. The largest absolute Gasteiger partial charge is 0.395 e. The topological polar surface area (TPSA) is 105 Å². The first kappa shape index (κ1) is 18.8. The number of hydrogen-bond acceptors (Lipinski definition) is 6. The molecule has 1 aliphatic rings. The Kier molecular flexibility index (Phi) is 5.02. The molecule has 2 heterocycles. The van der Waals surface area contributed by atoms with Crippen molar-refractivity contribution in [1.82, 2.24) is 18.3 Å². The highest BCUT2D eigenvalue weighted by Crippen LogP contribution is 2.21. The van der Waals surface area contributed by atoms with Gasteiger partial charge in [0.2, 0.25) is 10.0 Å². The number of piperazine rings is 1. The second-order valence-electron chi connectivity index (χ2n) is 6.35. The molecule has 1 N–H and O–H groups in total. The highest BCUT2D eigenvalue weighted by molar-refractivity contribution is 7.89. The van der Waals surface area contributed by atoms with Gasteiger partial charge in [0.25, 0.3) is 0 Å². The van der Waals surface area contributed by atoms with Gasteiger partial charge in [-0.1, -0.05) is 0 Å². The van der Waals surface area contributed by atoms with Crippen LogP contribution in [0.2, 0.25) is 0 Å². The Bertz CT molecular complexity index is 1050. The molecule has 0 bridgehead atoms. The molecule has 1 aliphatic heterocycles. The van der Waals surface area contributed by atoms with Crippen molar-refractivity contribution in [2.24, 2.45) is 14.1 Å². The van der Waals surface area contributed by atoms with Gasteiger partial charge in [-0.25, -0.2) is 8.42 Å². The van der Waals surface area contributed by atoms with Gasteiger partial charge in [0.15, 0.2) is 0 Å². The first-order valence-corrected chi connectivity index (χ1v) is 9.74. The summed E-state index contributed by atoms with van der Waals surface area (Å²) in [5.74, 6) is 0. The minimum atomic E-state index is -3.70. The Morgan fingerprint density at radius 1 is 0.962 bits per heavy atom. The SMILES string of the molecule is Cn1c(=O)c(=O)n(C)c2cc(S(=O)(=O)N3CCN(CCO)CC3)ccc21. The van der Waals surface area contributed by atoms with E-state index >= 15 is 0 Å². The van der Waals surface area contributed by atoms with E-state index < -0.39 is 21.1 Å². The minimum Gasteiger partial charge on any atom is -0.395 e. The first-order valence-electron chi connectivity index (χ1n) is 8.30. The molecule has 0 amide bonds. The second-order valence-corrected chi connectivity index (χ2v) is 8.29. The molecule has 1 aromatic carbocycles. The van der Waals surface area contributed by atoms with E-state index in [4.69, 9.17) is 5.11 Å². The number of nitrogens with zero attached hydrogens (tertiary/aromatic N) is 4. The van der Waals surface area contributed by atoms with Crippen molar-refractivity contribution in [3.8, 4) is 0 Å². The number of sulfonamides is 1. The molecule has 0 unspecified atom stereocenters. The molecule has 0 atom stereocenters. The Balaban J connectivity index is 2.00. The monoisotopic (exact) mass is 382 g/mol. The highest BCUT2D eigenvalue weighted by atomic mass is 32.2. The molecule has 1 fully saturated rings. The molecule has 0 spiro atoms. The van der Waals surface area contributed by atoms with Crippen LogP contribution in [0.15, 0.2) is 32.7 Å². The summed E-state index contributed by atoms with van der Waals surface area (Å²) in [4.78, 5) is 26.0. The molecule has 2 aromatic rings. The molecule has 10 heteroatoms. The van der Waals surface area contributed by atoms with Crippen molar-refractivity contribution < 1.29 is 13.5 Å². The zero-order valence-electron chi connectivity index (χ0n) is 14.8. The van der Waals surface area contributed by atoms with E-state index in [1.165, 1.54) is 39.7 Å². The maximum atomic E-state index is 12.9. The molecule has 142 valence electrons. The summed E-state index contributed by atoms with van der Waals surface area (Å²) < 4.78 is 29.7. The Hall–Kier alpha value is -2.01. The molecule has 1 aromatic heterocycles. The Morgan fingerprint density at radius 3 is 2.12 bits per heavy atom. The van der Waals surface area contributed by atoms with Crippen LogP contribution in [0.4, 0.5) is 0 Å². The van der Waals surface area contributed by atoms with E-state index in [0.29, 0.717) is 43.8 Å². The third kappa shape index (κ3) is 3.09. The van der Waals surface area contributed by atoms with Gasteiger partial charge in [0.05, 0.1) is 22.5 Å². The van der Waals surface area contributed by atoms with Gasteiger partial charge >= 0.3 is 11.1 Å². The fourth-order valence-corrected chi connectivity index (χ4v) is 4.65. The third-order valence-electron chi connectivity index (χ3n) is 4.85. The lowest BCUT2D eigenvalue weighted by atomic mass is 10.3. The second kappa shape index (κ2) is 6.95. The number of fused-ring (bicyclic) bond motifs is 1. The average Bonchev–Trinajstić information content (AvgIpc) is 2.65. The van der Waals surface area contributed by atoms with Gasteiger partial charge in [0, 0.05) is 46.8 Å². The molecule has 0 radical (unpaired) electrons. The van der Waals surface area contributed by atoms with Crippen molar-refractivity contribution in [3.63, 3.8) is 0 Å². The lowest BCUT2D eigenvalue weighted by molar-refractivity contribution is 0.151. The third-order valence-corrected chi connectivity index (χ3v) is 6.74. The smallest absolute Gasteiger partial charge is 0.316 e. The average molecular weight is 382 g/mol. The van der Waals surface area contributed by atoms with Gasteiger partial charge in [0.1, 0.15) is 0 Å². The number of aliphatic hydroxyl groups excluding tert-OH is 1.